The van der Waals surface area contributed by atoms with Gasteiger partial charge in [-0.2, -0.15) is 0 Å². The number of hydrogen-bond donors (Lipinski definition) is 1. The van der Waals surface area contributed by atoms with Crippen molar-refractivity contribution in [1.29, 1.82) is 0 Å². The standard InChI is InChI=1S/C21H29N3O3S/c1-13-7-6-8-16(14(13)2)23-10-15(9-18(23)25)20(27)24-12-28-11-17(24)19(26)22-21(3,4)5/h6-8,15,17H,9-12H2,1-5H3,(H,22,26). The number of anilines is 1. The highest BCUT2D eigenvalue weighted by atomic mass is 32.2. The monoisotopic (exact) mass is 403 g/mol. The highest BCUT2D eigenvalue weighted by Crippen LogP contribution is 2.32. The van der Waals surface area contributed by atoms with Crippen molar-refractivity contribution in [2.75, 3.05) is 23.1 Å². The number of benzene rings is 1. The van der Waals surface area contributed by atoms with Crippen LogP contribution in [0.5, 0.6) is 0 Å². The van der Waals surface area contributed by atoms with Crippen LogP contribution in [-0.2, 0) is 14.4 Å². The van der Waals surface area contributed by atoms with E-state index in [4.69, 9.17) is 0 Å². The number of carbonyl (C=O) groups is 3. The lowest BCUT2D eigenvalue weighted by Gasteiger charge is -2.29. The van der Waals surface area contributed by atoms with Gasteiger partial charge in [0.15, 0.2) is 0 Å². The number of hydrogen-bond acceptors (Lipinski definition) is 4. The van der Waals surface area contributed by atoms with E-state index < -0.39 is 12.0 Å². The van der Waals surface area contributed by atoms with Crippen molar-refractivity contribution in [3.8, 4) is 0 Å². The fraction of sp³-hybridized carbons (Fsp3) is 0.571. The summed E-state index contributed by atoms with van der Waals surface area (Å²) in [4.78, 5) is 41.8. The summed E-state index contributed by atoms with van der Waals surface area (Å²) in [7, 11) is 0. The van der Waals surface area contributed by atoms with Gasteiger partial charge in [0, 0.05) is 29.9 Å². The Hall–Kier alpha value is -2.02. The average Bonchev–Trinajstić information content (AvgIpc) is 3.22. The van der Waals surface area contributed by atoms with Gasteiger partial charge in [-0.05, 0) is 51.8 Å². The molecule has 28 heavy (non-hydrogen) atoms. The molecule has 2 saturated heterocycles. The van der Waals surface area contributed by atoms with Crippen molar-refractivity contribution >= 4 is 35.2 Å². The minimum atomic E-state index is -0.471. The maximum absolute atomic E-state index is 13.2. The Labute approximate surface area is 171 Å². The summed E-state index contributed by atoms with van der Waals surface area (Å²) in [5, 5.41) is 2.97. The van der Waals surface area contributed by atoms with E-state index in [2.05, 4.69) is 5.32 Å². The summed E-state index contributed by atoms with van der Waals surface area (Å²) in [6.45, 7) is 10.2. The highest BCUT2D eigenvalue weighted by molar-refractivity contribution is 7.99. The zero-order chi connectivity index (χ0) is 20.6. The van der Waals surface area contributed by atoms with Crippen LogP contribution in [0.15, 0.2) is 18.2 Å². The number of carbonyl (C=O) groups excluding carboxylic acids is 3. The maximum Gasteiger partial charge on any atom is 0.244 e. The first-order valence-electron chi connectivity index (χ1n) is 9.65. The van der Waals surface area contributed by atoms with Gasteiger partial charge in [0.05, 0.1) is 11.8 Å². The van der Waals surface area contributed by atoms with Gasteiger partial charge in [-0.3, -0.25) is 14.4 Å². The van der Waals surface area contributed by atoms with Crippen LogP contribution >= 0.6 is 11.8 Å². The Morgan fingerprint density at radius 3 is 2.61 bits per heavy atom. The van der Waals surface area contributed by atoms with Gasteiger partial charge in [-0.25, -0.2) is 0 Å². The van der Waals surface area contributed by atoms with Crippen molar-refractivity contribution in [1.82, 2.24) is 10.2 Å². The molecule has 2 unspecified atom stereocenters. The minimum Gasteiger partial charge on any atom is -0.350 e. The molecule has 3 rings (SSSR count). The van der Waals surface area contributed by atoms with E-state index in [0.717, 1.165) is 16.8 Å². The molecule has 7 heteroatoms. The molecule has 0 bridgehead atoms. The van der Waals surface area contributed by atoms with Crippen molar-refractivity contribution in [2.45, 2.75) is 52.6 Å². The molecule has 0 radical (unpaired) electrons. The predicted octanol–water partition coefficient (Wildman–Crippen LogP) is 2.47. The number of thioether (sulfide) groups is 1. The van der Waals surface area contributed by atoms with E-state index >= 15 is 0 Å². The number of amides is 3. The molecule has 0 aromatic heterocycles. The SMILES string of the molecule is Cc1cccc(N2CC(C(=O)N3CSCC3C(=O)NC(C)(C)C)CC2=O)c1C. The molecule has 2 aliphatic heterocycles. The second-order valence-electron chi connectivity index (χ2n) is 8.69. The van der Waals surface area contributed by atoms with E-state index in [1.807, 2.05) is 52.8 Å². The van der Waals surface area contributed by atoms with Crippen molar-refractivity contribution in [3.05, 3.63) is 29.3 Å². The molecule has 2 aliphatic rings. The fourth-order valence-corrected chi connectivity index (χ4v) is 4.86. The van der Waals surface area contributed by atoms with Gasteiger partial charge in [-0.1, -0.05) is 12.1 Å². The Balaban J connectivity index is 1.73. The molecule has 2 atom stereocenters. The van der Waals surface area contributed by atoms with Gasteiger partial charge in [-0.15, -0.1) is 11.8 Å². The van der Waals surface area contributed by atoms with Crippen LogP contribution in [0, 0.1) is 19.8 Å². The van der Waals surface area contributed by atoms with E-state index in [9.17, 15) is 14.4 Å². The molecule has 0 spiro atoms. The van der Waals surface area contributed by atoms with E-state index in [0.29, 0.717) is 18.2 Å². The molecule has 152 valence electrons. The van der Waals surface area contributed by atoms with Crippen LogP contribution in [0.3, 0.4) is 0 Å². The summed E-state index contributed by atoms with van der Waals surface area (Å²) in [5.41, 5.74) is 2.71. The van der Waals surface area contributed by atoms with Crippen molar-refractivity contribution in [3.63, 3.8) is 0 Å². The number of aryl methyl sites for hydroxylation is 1. The van der Waals surface area contributed by atoms with E-state index in [1.165, 1.54) is 0 Å². The lowest BCUT2D eigenvalue weighted by atomic mass is 10.0. The second kappa shape index (κ2) is 7.78. The molecule has 1 N–H and O–H groups in total. The Kier molecular flexibility index (Phi) is 5.75. The van der Waals surface area contributed by atoms with Crippen LogP contribution in [-0.4, -0.2) is 52.4 Å². The predicted molar refractivity (Wildman–Crippen MR) is 112 cm³/mol. The summed E-state index contributed by atoms with van der Waals surface area (Å²) in [6, 6.07) is 5.41. The normalized spacial score (nSPS) is 22.7. The molecular formula is C21H29N3O3S. The number of rotatable bonds is 3. The van der Waals surface area contributed by atoms with Crippen LogP contribution < -0.4 is 10.2 Å². The van der Waals surface area contributed by atoms with Crippen LogP contribution in [0.1, 0.15) is 38.3 Å². The Morgan fingerprint density at radius 2 is 1.93 bits per heavy atom. The molecule has 1 aromatic rings. The van der Waals surface area contributed by atoms with Crippen molar-refractivity contribution < 1.29 is 14.4 Å². The first-order valence-corrected chi connectivity index (χ1v) is 10.8. The molecule has 2 fully saturated rings. The molecule has 2 heterocycles. The van der Waals surface area contributed by atoms with E-state index in [-0.39, 0.29) is 29.7 Å². The third kappa shape index (κ3) is 4.19. The Bertz CT molecular complexity index is 803. The minimum absolute atomic E-state index is 0.0328. The van der Waals surface area contributed by atoms with Crippen LogP contribution in [0.25, 0.3) is 0 Å². The van der Waals surface area contributed by atoms with Gasteiger partial charge in [0.2, 0.25) is 17.7 Å². The van der Waals surface area contributed by atoms with Crippen LogP contribution in [0.4, 0.5) is 5.69 Å². The first-order chi connectivity index (χ1) is 13.1. The molecule has 3 amide bonds. The third-order valence-corrected chi connectivity index (χ3v) is 6.32. The summed E-state index contributed by atoms with van der Waals surface area (Å²) < 4.78 is 0. The van der Waals surface area contributed by atoms with Gasteiger partial charge < -0.3 is 15.1 Å². The topological polar surface area (TPSA) is 69.7 Å². The molecule has 6 nitrogen and oxygen atoms in total. The molecule has 0 saturated carbocycles. The first kappa shape index (κ1) is 20.7. The lowest BCUT2D eigenvalue weighted by molar-refractivity contribution is -0.141. The summed E-state index contributed by atoms with van der Waals surface area (Å²) >= 11 is 1.58. The van der Waals surface area contributed by atoms with Crippen LogP contribution in [0.2, 0.25) is 0 Å². The lowest BCUT2D eigenvalue weighted by Crippen LogP contribution is -2.53. The molecule has 0 aliphatic carbocycles. The fourth-order valence-electron chi connectivity index (χ4n) is 3.70. The zero-order valence-electron chi connectivity index (χ0n) is 17.2. The third-order valence-electron chi connectivity index (χ3n) is 5.31. The quantitative estimate of drug-likeness (QED) is 0.842. The van der Waals surface area contributed by atoms with Gasteiger partial charge in [0.25, 0.3) is 0 Å². The number of nitrogens with one attached hydrogen (secondary N) is 1. The highest BCUT2D eigenvalue weighted by Gasteiger charge is 2.43. The average molecular weight is 404 g/mol. The second-order valence-corrected chi connectivity index (χ2v) is 9.69. The van der Waals surface area contributed by atoms with Gasteiger partial charge in [0.1, 0.15) is 6.04 Å². The summed E-state index contributed by atoms with van der Waals surface area (Å²) in [5.74, 6) is 0.428. The molecule has 1 aromatic carbocycles. The Morgan fingerprint density at radius 1 is 1.21 bits per heavy atom. The summed E-state index contributed by atoms with van der Waals surface area (Å²) in [6.07, 6.45) is 0.195. The van der Waals surface area contributed by atoms with Crippen molar-refractivity contribution in [2.24, 2.45) is 5.92 Å². The van der Waals surface area contributed by atoms with E-state index in [1.54, 1.807) is 21.6 Å². The number of nitrogens with zero attached hydrogens (tertiary/aromatic N) is 2. The largest absolute Gasteiger partial charge is 0.350 e. The molecular weight excluding hydrogens is 374 g/mol. The maximum atomic E-state index is 13.2. The zero-order valence-corrected chi connectivity index (χ0v) is 18.1. The van der Waals surface area contributed by atoms with Gasteiger partial charge >= 0.3 is 0 Å². The smallest absolute Gasteiger partial charge is 0.244 e.